The van der Waals surface area contributed by atoms with Crippen molar-refractivity contribution in [1.29, 1.82) is 0 Å². The Kier molecular flexibility index (Phi) is 3.20. The van der Waals surface area contributed by atoms with Crippen LogP contribution in [0.1, 0.15) is 0 Å². The van der Waals surface area contributed by atoms with Crippen LogP contribution in [0.5, 0.6) is 0 Å². The molecule has 2 aromatic heterocycles. The average molecular weight is 258 g/mol. The fourth-order valence-corrected chi connectivity index (χ4v) is 1.99. The van der Waals surface area contributed by atoms with Gasteiger partial charge in [-0.05, 0) is 0 Å². The molecule has 0 amide bonds. The van der Waals surface area contributed by atoms with Crippen LogP contribution in [0.4, 0.5) is 11.8 Å². The predicted octanol–water partition coefficient (Wildman–Crippen LogP) is 0.352. The van der Waals surface area contributed by atoms with Crippen molar-refractivity contribution in [3.63, 3.8) is 0 Å². The Morgan fingerprint density at radius 2 is 1.84 bits per heavy atom. The van der Waals surface area contributed by atoms with Gasteiger partial charge in [0.2, 0.25) is 5.95 Å². The molecular formula is C12H14N6O. The van der Waals surface area contributed by atoms with E-state index in [1.54, 1.807) is 12.4 Å². The van der Waals surface area contributed by atoms with E-state index in [0.717, 1.165) is 30.2 Å². The number of hydrogen-bond acceptors (Lipinski definition) is 7. The molecule has 19 heavy (non-hydrogen) atoms. The molecule has 7 nitrogen and oxygen atoms in total. The average Bonchev–Trinajstić information content (AvgIpc) is 2.48. The molecule has 1 fully saturated rings. The lowest BCUT2D eigenvalue weighted by Gasteiger charge is -2.28. The first-order valence-corrected chi connectivity index (χ1v) is 6.05. The number of anilines is 2. The summed E-state index contributed by atoms with van der Waals surface area (Å²) in [5, 5.41) is 0. The van der Waals surface area contributed by atoms with Gasteiger partial charge in [0.1, 0.15) is 12.1 Å². The second-order valence-electron chi connectivity index (χ2n) is 4.20. The Hall–Kier alpha value is -2.28. The van der Waals surface area contributed by atoms with Crippen molar-refractivity contribution in [3.8, 4) is 11.3 Å². The van der Waals surface area contributed by atoms with Gasteiger partial charge in [0.05, 0.1) is 18.9 Å². The lowest BCUT2D eigenvalue weighted by Crippen LogP contribution is -2.36. The maximum absolute atomic E-state index is 5.78. The van der Waals surface area contributed by atoms with Crippen molar-refractivity contribution in [3.05, 3.63) is 24.8 Å². The van der Waals surface area contributed by atoms with E-state index in [4.69, 9.17) is 10.5 Å². The molecule has 7 heteroatoms. The molecule has 2 aromatic rings. The molecule has 3 rings (SSSR count). The molecule has 2 N–H and O–H groups in total. The Labute approximate surface area is 110 Å². The second kappa shape index (κ2) is 5.15. The molecule has 0 aromatic carbocycles. The number of nitrogens with zero attached hydrogens (tertiary/aromatic N) is 5. The molecule has 98 valence electrons. The van der Waals surface area contributed by atoms with Gasteiger partial charge in [0.15, 0.2) is 0 Å². The minimum absolute atomic E-state index is 0.253. The van der Waals surface area contributed by atoms with Gasteiger partial charge in [-0.2, -0.15) is 4.98 Å². The van der Waals surface area contributed by atoms with Gasteiger partial charge >= 0.3 is 0 Å². The van der Waals surface area contributed by atoms with Crippen LogP contribution in [-0.2, 0) is 4.74 Å². The largest absolute Gasteiger partial charge is 0.378 e. The first kappa shape index (κ1) is 11.8. The summed E-state index contributed by atoms with van der Waals surface area (Å²) < 4.78 is 5.33. The van der Waals surface area contributed by atoms with Gasteiger partial charge in [0.25, 0.3) is 0 Å². The molecule has 0 bridgehead atoms. The number of rotatable bonds is 2. The van der Waals surface area contributed by atoms with Crippen LogP contribution in [-0.4, -0.2) is 46.2 Å². The van der Waals surface area contributed by atoms with Crippen molar-refractivity contribution in [2.45, 2.75) is 0 Å². The molecule has 1 saturated heterocycles. The maximum atomic E-state index is 5.78. The van der Waals surface area contributed by atoms with E-state index in [0.29, 0.717) is 13.2 Å². The molecule has 1 aliphatic rings. The zero-order valence-corrected chi connectivity index (χ0v) is 10.4. The van der Waals surface area contributed by atoms with E-state index < -0.39 is 0 Å². The van der Waals surface area contributed by atoms with E-state index in [1.807, 2.05) is 6.07 Å². The van der Waals surface area contributed by atoms with Crippen LogP contribution in [0.3, 0.4) is 0 Å². The highest BCUT2D eigenvalue weighted by Gasteiger charge is 2.14. The van der Waals surface area contributed by atoms with E-state index in [-0.39, 0.29) is 5.95 Å². The summed E-state index contributed by atoms with van der Waals surface area (Å²) in [6, 6.07) is 1.90. The number of nitrogens with two attached hydrogens (primary N) is 1. The molecule has 0 spiro atoms. The molecule has 0 unspecified atom stereocenters. The van der Waals surface area contributed by atoms with Crippen LogP contribution in [0.2, 0.25) is 0 Å². The van der Waals surface area contributed by atoms with E-state index in [9.17, 15) is 0 Å². The minimum atomic E-state index is 0.253. The first-order chi connectivity index (χ1) is 9.33. The van der Waals surface area contributed by atoms with Crippen molar-refractivity contribution >= 4 is 11.8 Å². The second-order valence-corrected chi connectivity index (χ2v) is 4.20. The van der Waals surface area contributed by atoms with E-state index in [1.165, 1.54) is 6.33 Å². The van der Waals surface area contributed by atoms with Gasteiger partial charge in [-0.3, -0.25) is 0 Å². The van der Waals surface area contributed by atoms with Gasteiger partial charge < -0.3 is 15.4 Å². The van der Waals surface area contributed by atoms with Crippen LogP contribution in [0.15, 0.2) is 24.8 Å². The Morgan fingerprint density at radius 1 is 1.11 bits per heavy atom. The number of nitrogen functional groups attached to an aromatic ring is 1. The van der Waals surface area contributed by atoms with Gasteiger partial charge in [0, 0.05) is 37.1 Å². The Morgan fingerprint density at radius 3 is 2.58 bits per heavy atom. The fraction of sp³-hybridized carbons (Fsp3) is 0.333. The third kappa shape index (κ3) is 2.60. The summed E-state index contributed by atoms with van der Waals surface area (Å²) in [6.45, 7) is 3.02. The Bertz CT molecular complexity index is 555. The highest BCUT2D eigenvalue weighted by molar-refractivity contribution is 5.62. The third-order valence-electron chi connectivity index (χ3n) is 2.92. The van der Waals surface area contributed by atoms with Crippen LogP contribution in [0, 0.1) is 0 Å². The van der Waals surface area contributed by atoms with Crippen LogP contribution >= 0.6 is 0 Å². The molecular weight excluding hydrogens is 244 g/mol. The molecule has 0 aliphatic carbocycles. The highest BCUT2D eigenvalue weighted by atomic mass is 16.5. The number of hydrogen-bond donors (Lipinski definition) is 1. The third-order valence-corrected chi connectivity index (χ3v) is 2.92. The zero-order valence-electron chi connectivity index (χ0n) is 10.4. The molecule has 0 radical (unpaired) electrons. The molecule has 3 heterocycles. The quantitative estimate of drug-likeness (QED) is 0.831. The normalized spacial score (nSPS) is 15.5. The summed E-state index contributed by atoms with van der Waals surface area (Å²) in [5.41, 5.74) is 7.34. The summed E-state index contributed by atoms with van der Waals surface area (Å²) in [5.74, 6) is 1.07. The predicted molar refractivity (Wildman–Crippen MR) is 70.5 cm³/mol. The van der Waals surface area contributed by atoms with E-state index >= 15 is 0 Å². The SMILES string of the molecule is Nc1nc(-c2cncnc2)cc(N2CCOCC2)n1. The number of morpholine rings is 1. The maximum Gasteiger partial charge on any atom is 0.222 e. The lowest BCUT2D eigenvalue weighted by molar-refractivity contribution is 0.122. The summed E-state index contributed by atoms with van der Waals surface area (Å²) in [6.07, 6.45) is 4.90. The summed E-state index contributed by atoms with van der Waals surface area (Å²) in [7, 11) is 0. The van der Waals surface area contributed by atoms with Crippen molar-refractivity contribution < 1.29 is 4.74 Å². The molecule has 0 saturated carbocycles. The standard InChI is InChI=1S/C12H14N6O/c13-12-16-10(9-6-14-8-15-7-9)5-11(17-12)18-1-3-19-4-2-18/h5-8H,1-4H2,(H2,13,16,17). The van der Waals surface area contributed by atoms with Gasteiger partial charge in [-0.1, -0.05) is 0 Å². The monoisotopic (exact) mass is 258 g/mol. The van der Waals surface area contributed by atoms with Crippen LogP contribution in [0.25, 0.3) is 11.3 Å². The summed E-state index contributed by atoms with van der Waals surface area (Å²) in [4.78, 5) is 18.6. The van der Waals surface area contributed by atoms with E-state index in [2.05, 4.69) is 24.8 Å². The summed E-state index contributed by atoms with van der Waals surface area (Å²) >= 11 is 0. The molecule has 1 aliphatic heterocycles. The van der Waals surface area contributed by atoms with Crippen molar-refractivity contribution in [2.75, 3.05) is 36.9 Å². The minimum Gasteiger partial charge on any atom is -0.378 e. The highest BCUT2D eigenvalue weighted by Crippen LogP contribution is 2.22. The molecule has 0 atom stereocenters. The van der Waals surface area contributed by atoms with Gasteiger partial charge in [-0.15, -0.1) is 0 Å². The topological polar surface area (TPSA) is 90.0 Å². The number of aromatic nitrogens is 4. The lowest BCUT2D eigenvalue weighted by atomic mass is 10.2. The smallest absolute Gasteiger partial charge is 0.222 e. The van der Waals surface area contributed by atoms with Crippen molar-refractivity contribution in [2.24, 2.45) is 0 Å². The van der Waals surface area contributed by atoms with Crippen molar-refractivity contribution in [1.82, 2.24) is 19.9 Å². The van der Waals surface area contributed by atoms with Gasteiger partial charge in [-0.25, -0.2) is 15.0 Å². The number of ether oxygens (including phenoxy) is 1. The zero-order chi connectivity index (χ0) is 13.1. The first-order valence-electron chi connectivity index (χ1n) is 6.05. The fourth-order valence-electron chi connectivity index (χ4n) is 1.99. The Balaban J connectivity index is 1.96. The van der Waals surface area contributed by atoms with Crippen LogP contribution < -0.4 is 10.6 Å².